The molecule has 6 rings (SSSR count). The number of para-hydroxylation sites is 2. The highest BCUT2D eigenvalue weighted by Gasteiger charge is 2.15. The molecule has 2 nitrogen and oxygen atoms in total. The van der Waals surface area contributed by atoms with Gasteiger partial charge in [0.1, 0.15) is 5.65 Å². The van der Waals surface area contributed by atoms with E-state index in [1.54, 1.807) is 0 Å². The van der Waals surface area contributed by atoms with Crippen molar-refractivity contribution in [2.24, 2.45) is 0 Å². The van der Waals surface area contributed by atoms with Crippen LogP contribution in [0.5, 0.6) is 0 Å². The van der Waals surface area contributed by atoms with E-state index in [1.165, 1.54) is 43.5 Å². The molecule has 0 bridgehead atoms. The smallest absolute Gasteiger partial charge is 0.147 e. The topological polar surface area (TPSA) is 17.3 Å². The molecule has 0 spiro atoms. The molecule has 4 aromatic carbocycles. The summed E-state index contributed by atoms with van der Waals surface area (Å²) in [6.45, 7) is 2.21. The fourth-order valence-electron chi connectivity index (χ4n) is 4.38. The Bertz CT molecular complexity index is 1510. The Morgan fingerprint density at radius 1 is 0.741 bits per heavy atom. The molecule has 0 aliphatic heterocycles. The number of benzene rings is 4. The molecule has 2 aromatic heterocycles. The molecule has 0 unspecified atom stereocenters. The Labute approximate surface area is 156 Å². The second-order valence-electron chi connectivity index (χ2n) is 7.17. The molecule has 2 heteroatoms. The van der Waals surface area contributed by atoms with E-state index in [1.807, 2.05) is 0 Å². The lowest BCUT2D eigenvalue weighted by Gasteiger charge is -2.12. The van der Waals surface area contributed by atoms with Crippen molar-refractivity contribution < 1.29 is 0 Å². The van der Waals surface area contributed by atoms with Crippen LogP contribution in [0.1, 0.15) is 12.5 Å². The van der Waals surface area contributed by atoms with Gasteiger partial charge in [0.2, 0.25) is 0 Å². The van der Waals surface area contributed by atoms with Crippen molar-refractivity contribution in [3.05, 3.63) is 84.4 Å². The van der Waals surface area contributed by atoms with Crippen molar-refractivity contribution in [1.82, 2.24) is 9.38 Å². The van der Waals surface area contributed by atoms with E-state index in [0.29, 0.717) is 0 Å². The minimum atomic E-state index is 1.03. The normalized spacial score (nSPS) is 12.0. The summed E-state index contributed by atoms with van der Waals surface area (Å²) < 4.78 is 2.35. The van der Waals surface area contributed by atoms with Crippen molar-refractivity contribution >= 4 is 49.1 Å². The van der Waals surface area contributed by atoms with Crippen LogP contribution in [0.15, 0.2) is 78.9 Å². The maximum atomic E-state index is 5.06. The van der Waals surface area contributed by atoms with Gasteiger partial charge in [-0.05, 0) is 46.3 Å². The lowest BCUT2D eigenvalue weighted by atomic mass is 9.98. The van der Waals surface area contributed by atoms with Gasteiger partial charge in [0.25, 0.3) is 0 Å². The summed E-state index contributed by atoms with van der Waals surface area (Å²) in [4.78, 5) is 5.06. The fourth-order valence-corrected chi connectivity index (χ4v) is 4.38. The zero-order chi connectivity index (χ0) is 18.0. The standard InChI is InChI=1S/C25H18N2/c1-2-16-11-13-19-20-14-12-17-7-3-4-8-18(17)24(20)25-26-21-9-5-6-10-22(21)27(25)23(19)15-16/h3-15H,2H2,1H3. The van der Waals surface area contributed by atoms with E-state index in [2.05, 4.69) is 90.2 Å². The van der Waals surface area contributed by atoms with Gasteiger partial charge in [-0.15, -0.1) is 0 Å². The molecule has 27 heavy (non-hydrogen) atoms. The minimum absolute atomic E-state index is 1.03. The molecule has 0 amide bonds. The van der Waals surface area contributed by atoms with Gasteiger partial charge in [0.15, 0.2) is 0 Å². The number of hydrogen-bond donors (Lipinski definition) is 0. The van der Waals surface area contributed by atoms with Gasteiger partial charge in [-0.25, -0.2) is 4.98 Å². The van der Waals surface area contributed by atoms with Crippen LogP contribution in [-0.4, -0.2) is 9.38 Å². The summed E-state index contributed by atoms with van der Waals surface area (Å²) in [5.74, 6) is 0. The molecule has 0 atom stereocenters. The molecule has 0 N–H and O–H groups in total. The Hall–Kier alpha value is -3.39. The van der Waals surface area contributed by atoms with Gasteiger partial charge in [-0.2, -0.15) is 0 Å². The molecular weight excluding hydrogens is 328 g/mol. The number of imidazole rings is 1. The van der Waals surface area contributed by atoms with Crippen LogP contribution in [0.2, 0.25) is 0 Å². The quantitative estimate of drug-likeness (QED) is 0.310. The first-order chi connectivity index (χ1) is 13.3. The number of rotatable bonds is 1. The largest absolute Gasteiger partial charge is 0.292 e. The monoisotopic (exact) mass is 346 g/mol. The molecular formula is C25H18N2. The van der Waals surface area contributed by atoms with Crippen LogP contribution >= 0.6 is 0 Å². The molecule has 0 radical (unpaired) electrons. The predicted octanol–water partition coefficient (Wildman–Crippen LogP) is 6.51. The van der Waals surface area contributed by atoms with Crippen molar-refractivity contribution in [3.8, 4) is 0 Å². The average Bonchev–Trinajstić information content (AvgIpc) is 3.12. The van der Waals surface area contributed by atoms with E-state index in [0.717, 1.165) is 17.6 Å². The maximum absolute atomic E-state index is 5.06. The summed E-state index contributed by atoms with van der Waals surface area (Å²) in [5.41, 5.74) is 5.84. The van der Waals surface area contributed by atoms with E-state index in [9.17, 15) is 0 Å². The van der Waals surface area contributed by atoms with Crippen molar-refractivity contribution in [2.45, 2.75) is 13.3 Å². The summed E-state index contributed by atoms with van der Waals surface area (Å²) in [6.07, 6.45) is 1.03. The van der Waals surface area contributed by atoms with Crippen LogP contribution in [0, 0.1) is 0 Å². The van der Waals surface area contributed by atoms with E-state index >= 15 is 0 Å². The molecule has 0 saturated carbocycles. The van der Waals surface area contributed by atoms with Crippen LogP contribution in [0.25, 0.3) is 49.1 Å². The van der Waals surface area contributed by atoms with E-state index in [-0.39, 0.29) is 0 Å². The van der Waals surface area contributed by atoms with Crippen LogP contribution in [-0.2, 0) is 6.42 Å². The molecule has 0 saturated heterocycles. The second-order valence-corrected chi connectivity index (χ2v) is 7.17. The third-order valence-corrected chi connectivity index (χ3v) is 5.71. The first-order valence-corrected chi connectivity index (χ1v) is 9.48. The second kappa shape index (κ2) is 5.31. The molecule has 0 fully saturated rings. The Morgan fingerprint density at radius 2 is 1.56 bits per heavy atom. The SMILES string of the molecule is CCc1ccc2c3ccc4ccccc4c3c3nc4ccccc4n3c2c1. The van der Waals surface area contributed by atoms with Crippen LogP contribution in [0.3, 0.4) is 0 Å². The summed E-state index contributed by atoms with van der Waals surface area (Å²) in [7, 11) is 0. The Kier molecular flexibility index (Phi) is 2.90. The van der Waals surface area contributed by atoms with Gasteiger partial charge < -0.3 is 0 Å². The summed E-state index contributed by atoms with van der Waals surface area (Å²) >= 11 is 0. The minimum Gasteiger partial charge on any atom is -0.292 e. The number of nitrogens with zero attached hydrogens (tertiary/aromatic N) is 2. The zero-order valence-corrected chi connectivity index (χ0v) is 15.1. The number of pyridine rings is 1. The zero-order valence-electron chi connectivity index (χ0n) is 15.1. The first-order valence-electron chi connectivity index (χ1n) is 9.48. The van der Waals surface area contributed by atoms with Gasteiger partial charge >= 0.3 is 0 Å². The summed E-state index contributed by atoms with van der Waals surface area (Å²) in [5, 5.41) is 6.30. The lowest BCUT2D eigenvalue weighted by Crippen LogP contribution is -1.94. The third-order valence-electron chi connectivity index (χ3n) is 5.71. The van der Waals surface area contributed by atoms with Crippen LogP contribution < -0.4 is 0 Å². The van der Waals surface area contributed by atoms with E-state index < -0.39 is 0 Å². The molecule has 0 aliphatic rings. The number of aryl methyl sites for hydroxylation is 1. The van der Waals surface area contributed by atoms with Crippen molar-refractivity contribution in [1.29, 1.82) is 0 Å². The molecule has 6 aromatic rings. The molecule has 0 aliphatic carbocycles. The van der Waals surface area contributed by atoms with Crippen LogP contribution in [0.4, 0.5) is 0 Å². The Morgan fingerprint density at radius 3 is 2.48 bits per heavy atom. The summed E-state index contributed by atoms with van der Waals surface area (Å²) in [6, 6.07) is 28.4. The van der Waals surface area contributed by atoms with Gasteiger partial charge in [0.05, 0.1) is 16.6 Å². The number of fused-ring (bicyclic) bond motifs is 10. The molecule has 128 valence electrons. The highest BCUT2D eigenvalue weighted by Crippen LogP contribution is 2.36. The molecule has 2 heterocycles. The van der Waals surface area contributed by atoms with Crippen molar-refractivity contribution in [2.75, 3.05) is 0 Å². The highest BCUT2D eigenvalue weighted by atomic mass is 15.0. The fraction of sp³-hybridized carbons (Fsp3) is 0.0800. The average molecular weight is 346 g/mol. The predicted molar refractivity (Wildman–Crippen MR) is 115 cm³/mol. The third kappa shape index (κ3) is 1.93. The van der Waals surface area contributed by atoms with Crippen molar-refractivity contribution in [3.63, 3.8) is 0 Å². The number of hydrogen-bond acceptors (Lipinski definition) is 1. The Balaban J connectivity index is 2.02. The number of aromatic nitrogens is 2. The highest BCUT2D eigenvalue weighted by molar-refractivity contribution is 6.23. The van der Waals surface area contributed by atoms with Gasteiger partial charge in [0, 0.05) is 10.8 Å². The lowest BCUT2D eigenvalue weighted by molar-refractivity contribution is 1.14. The van der Waals surface area contributed by atoms with Gasteiger partial charge in [-0.1, -0.05) is 67.6 Å². The van der Waals surface area contributed by atoms with E-state index in [4.69, 9.17) is 4.98 Å². The maximum Gasteiger partial charge on any atom is 0.147 e. The first kappa shape index (κ1) is 14.7. The van der Waals surface area contributed by atoms with Gasteiger partial charge in [-0.3, -0.25) is 4.40 Å².